The zero-order valence-electron chi connectivity index (χ0n) is 10.7. The summed E-state index contributed by atoms with van der Waals surface area (Å²) in [5.74, 6) is 0.635. The maximum Gasteiger partial charge on any atom is 0.389 e. The van der Waals surface area contributed by atoms with Gasteiger partial charge in [-0.2, -0.15) is 13.2 Å². The highest BCUT2D eigenvalue weighted by atomic mass is 19.4. The maximum absolute atomic E-state index is 12.1. The highest BCUT2D eigenvalue weighted by Gasteiger charge is 2.26. The molecule has 1 aromatic heterocycles. The lowest BCUT2D eigenvalue weighted by Crippen LogP contribution is -2.09. The van der Waals surface area contributed by atoms with Crippen molar-refractivity contribution in [2.24, 2.45) is 0 Å². The van der Waals surface area contributed by atoms with E-state index in [2.05, 4.69) is 11.9 Å². The summed E-state index contributed by atoms with van der Waals surface area (Å²) in [5, 5.41) is 0. The minimum atomic E-state index is -4.14. The fourth-order valence-corrected chi connectivity index (χ4v) is 1.66. The summed E-state index contributed by atoms with van der Waals surface area (Å²) in [6.45, 7) is 2.08. The van der Waals surface area contributed by atoms with E-state index in [4.69, 9.17) is 4.74 Å². The first-order valence-corrected chi connectivity index (χ1v) is 6.04. The van der Waals surface area contributed by atoms with Crippen LogP contribution in [0.1, 0.15) is 37.4 Å². The van der Waals surface area contributed by atoms with Crippen molar-refractivity contribution in [3.05, 3.63) is 23.5 Å². The number of aryl methyl sites for hydroxylation is 2. The summed E-state index contributed by atoms with van der Waals surface area (Å²) in [6.07, 6.45) is -0.563. The van der Waals surface area contributed by atoms with Crippen molar-refractivity contribution in [3.63, 3.8) is 0 Å². The second kappa shape index (κ2) is 6.61. The van der Waals surface area contributed by atoms with Crippen molar-refractivity contribution in [1.29, 1.82) is 0 Å². The van der Waals surface area contributed by atoms with Crippen molar-refractivity contribution in [1.82, 2.24) is 4.98 Å². The second-order valence-corrected chi connectivity index (χ2v) is 4.21. The number of rotatable bonds is 6. The van der Waals surface area contributed by atoms with Crippen molar-refractivity contribution in [3.8, 4) is 5.75 Å². The van der Waals surface area contributed by atoms with Gasteiger partial charge in [-0.25, -0.2) is 0 Å². The van der Waals surface area contributed by atoms with Gasteiger partial charge in [0.05, 0.1) is 7.11 Å². The molecule has 0 aliphatic rings. The van der Waals surface area contributed by atoms with E-state index >= 15 is 0 Å². The van der Waals surface area contributed by atoms with Crippen molar-refractivity contribution < 1.29 is 17.9 Å². The number of nitrogens with zero attached hydrogens (tertiary/aromatic N) is 1. The number of hydrogen-bond acceptors (Lipinski definition) is 2. The molecule has 0 radical (unpaired) electrons. The van der Waals surface area contributed by atoms with E-state index in [0.29, 0.717) is 11.4 Å². The molecule has 0 spiro atoms. The molecule has 18 heavy (non-hydrogen) atoms. The molecule has 0 saturated carbocycles. The quantitative estimate of drug-likeness (QED) is 0.774. The van der Waals surface area contributed by atoms with Crippen LogP contribution in [0.3, 0.4) is 0 Å². The molecule has 0 atom stereocenters. The standard InChI is InChI=1S/C13H18F3NO/c1-3-4-5-10-9-17-11(8-12(10)18-2)6-7-13(14,15)16/h8-9H,3-7H2,1-2H3. The monoisotopic (exact) mass is 261 g/mol. The van der Waals surface area contributed by atoms with Crippen LogP contribution in [-0.2, 0) is 12.8 Å². The number of methoxy groups -OCH3 is 1. The highest BCUT2D eigenvalue weighted by Crippen LogP contribution is 2.25. The van der Waals surface area contributed by atoms with Crippen molar-refractivity contribution in [2.45, 2.75) is 45.2 Å². The number of aromatic nitrogens is 1. The molecule has 0 aliphatic heterocycles. The Balaban J connectivity index is 2.72. The molecule has 0 amide bonds. The Morgan fingerprint density at radius 2 is 2.00 bits per heavy atom. The van der Waals surface area contributed by atoms with Gasteiger partial charge in [0, 0.05) is 29.9 Å². The fourth-order valence-electron chi connectivity index (χ4n) is 1.66. The third kappa shape index (κ3) is 4.94. The van der Waals surface area contributed by atoms with E-state index in [1.165, 1.54) is 7.11 Å². The molecule has 0 aromatic carbocycles. The second-order valence-electron chi connectivity index (χ2n) is 4.21. The van der Waals surface area contributed by atoms with Crippen LogP contribution in [0.25, 0.3) is 0 Å². The van der Waals surface area contributed by atoms with Gasteiger partial charge in [0.25, 0.3) is 0 Å². The smallest absolute Gasteiger partial charge is 0.389 e. The average Bonchev–Trinajstić information content (AvgIpc) is 2.33. The third-order valence-corrected chi connectivity index (χ3v) is 2.68. The Hall–Kier alpha value is -1.26. The molecule has 0 saturated heterocycles. The van der Waals surface area contributed by atoms with Gasteiger partial charge in [-0.05, 0) is 19.3 Å². The van der Waals surface area contributed by atoms with E-state index in [1.54, 1.807) is 12.3 Å². The van der Waals surface area contributed by atoms with E-state index < -0.39 is 12.6 Å². The number of hydrogen-bond donors (Lipinski definition) is 0. The SMILES string of the molecule is CCCCc1cnc(CCC(F)(F)F)cc1OC. The topological polar surface area (TPSA) is 22.1 Å². The lowest BCUT2D eigenvalue weighted by Gasteiger charge is -2.10. The Bertz CT molecular complexity index is 377. The molecule has 1 rings (SSSR count). The van der Waals surface area contributed by atoms with Gasteiger partial charge in [0.15, 0.2) is 0 Å². The van der Waals surface area contributed by atoms with Crippen LogP contribution in [0, 0.1) is 0 Å². The van der Waals surface area contributed by atoms with Gasteiger partial charge in [0.2, 0.25) is 0 Å². The van der Waals surface area contributed by atoms with E-state index in [-0.39, 0.29) is 6.42 Å². The van der Waals surface area contributed by atoms with Gasteiger partial charge in [-0.15, -0.1) is 0 Å². The zero-order chi connectivity index (χ0) is 13.6. The molecule has 0 fully saturated rings. The number of alkyl halides is 3. The summed E-state index contributed by atoms with van der Waals surface area (Å²) in [7, 11) is 1.53. The van der Waals surface area contributed by atoms with Gasteiger partial charge in [-0.3, -0.25) is 4.98 Å². The van der Waals surface area contributed by atoms with Gasteiger partial charge in [0.1, 0.15) is 5.75 Å². The van der Waals surface area contributed by atoms with Crippen molar-refractivity contribution >= 4 is 0 Å². The van der Waals surface area contributed by atoms with Gasteiger partial charge in [-0.1, -0.05) is 13.3 Å². The summed E-state index contributed by atoms with van der Waals surface area (Å²) in [5.41, 5.74) is 1.37. The molecule has 0 unspecified atom stereocenters. The number of halogens is 3. The molecular formula is C13H18F3NO. The molecule has 0 N–H and O–H groups in total. The lowest BCUT2D eigenvalue weighted by molar-refractivity contribution is -0.134. The fraction of sp³-hybridized carbons (Fsp3) is 0.615. The predicted molar refractivity (Wildman–Crippen MR) is 63.8 cm³/mol. The lowest BCUT2D eigenvalue weighted by atomic mass is 10.1. The van der Waals surface area contributed by atoms with E-state index in [1.807, 2.05) is 0 Å². The van der Waals surface area contributed by atoms with Crippen LogP contribution >= 0.6 is 0 Å². The maximum atomic E-state index is 12.1. The van der Waals surface area contributed by atoms with Crippen LogP contribution in [0.2, 0.25) is 0 Å². The van der Waals surface area contributed by atoms with Gasteiger partial charge >= 0.3 is 6.18 Å². The average molecular weight is 261 g/mol. The normalized spacial score (nSPS) is 11.6. The molecule has 5 heteroatoms. The minimum Gasteiger partial charge on any atom is -0.496 e. The summed E-state index contributed by atoms with van der Waals surface area (Å²) < 4.78 is 41.5. The molecule has 2 nitrogen and oxygen atoms in total. The van der Waals surface area contributed by atoms with Crippen LogP contribution in [0.4, 0.5) is 13.2 Å². The van der Waals surface area contributed by atoms with E-state index in [0.717, 1.165) is 24.8 Å². The largest absolute Gasteiger partial charge is 0.496 e. The van der Waals surface area contributed by atoms with E-state index in [9.17, 15) is 13.2 Å². The highest BCUT2D eigenvalue weighted by molar-refractivity contribution is 5.33. The molecule has 0 bridgehead atoms. The Kier molecular flexibility index (Phi) is 5.44. The summed E-state index contributed by atoms with van der Waals surface area (Å²) in [6, 6.07) is 1.61. The van der Waals surface area contributed by atoms with Crippen LogP contribution < -0.4 is 4.74 Å². The zero-order valence-corrected chi connectivity index (χ0v) is 10.7. The molecule has 1 aromatic rings. The summed E-state index contributed by atoms with van der Waals surface area (Å²) >= 11 is 0. The number of ether oxygens (including phenoxy) is 1. The van der Waals surface area contributed by atoms with Crippen molar-refractivity contribution in [2.75, 3.05) is 7.11 Å². The molecular weight excluding hydrogens is 243 g/mol. The predicted octanol–water partition coefficient (Wildman–Crippen LogP) is 3.93. The molecule has 1 heterocycles. The summed E-state index contributed by atoms with van der Waals surface area (Å²) in [4.78, 5) is 4.06. The van der Waals surface area contributed by atoms with Gasteiger partial charge < -0.3 is 4.74 Å². The number of pyridine rings is 1. The Labute approximate surface area is 105 Å². The van der Waals surface area contributed by atoms with Crippen LogP contribution in [0.15, 0.2) is 12.3 Å². The third-order valence-electron chi connectivity index (χ3n) is 2.68. The van der Waals surface area contributed by atoms with Crippen LogP contribution in [0.5, 0.6) is 5.75 Å². The van der Waals surface area contributed by atoms with Crippen LogP contribution in [-0.4, -0.2) is 18.3 Å². The first-order valence-electron chi connectivity index (χ1n) is 6.04. The Morgan fingerprint density at radius 3 is 2.56 bits per heavy atom. The number of unbranched alkanes of at least 4 members (excludes halogenated alkanes) is 1. The minimum absolute atomic E-state index is 0.103. The molecule has 102 valence electrons. The first-order chi connectivity index (χ1) is 8.46. The Morgan fingerprint density at radius 1 is 1.28 bits per heavy atom. The molecule has 0 aliphatic carbocycles. The first kappa shape index (κ1) is 14.8.